The fraction of sp³-hybridized carbons (Fsp3) is 0.429. The number of carbonyl (C=O) groups excluding carboxylic acids is 2. The average Bonchev–Trinajstić information content (AvgIpc) is 2.39. The molecule has 1 atom stereocenters. The maximum atomic E-state index is 11.9. The summed E-state index contributed by atoms with van der Waals surface area (Å²) in [5.74, 6) is -0.672. The first-order chi connectivity index (χ1) is 9.54. The molecular formula is C14H18ClN3O2. The molecule has 108 valence electrons. The summed E-state index contributed by atoms with van der Waals surface area (Å²) in [4.78, 5) is 25.7. The predicted octanol–water partition coefficient (Wildman–Crippen LogP) is 0.890. The molecule has 1 fully saturated rings. The molecule has 1 aliphatic heterocycles. The van der Waals surface area contributed by atoms with E-state index >= 15 is 0 Å². The second-order valence-electron chi connectivity index (χ2n) is 4.97. The van der Waals surface area contributed by atoms with E-state index in [1.54, 1.807) is 24.3 Å². The number of nitrogens with one attached hydrogen (secondary N) is 2. The van der Waals surface area contributed by atoms with Crippen LogP contribution in [0.15, 0.2) is 24.3 Å². The first-order valence-corrected chi connectivity index (χ1v) is 6.98. The summed E-state index contributed by atoms with van der Waals surface area (Å²) in [5, 5.41) is 6.26. The lowest BCUT2D eigenvalue weighted by molar-refractivity contribution is -0.121. The lowest BCUT2D eigenvalue weighted by Gasteiger charge is -2.31. The zero-order valence-electron chi connectivity index (χ0n) is 11.4. The van der Waals surface area contributed by atoms with E-state index in [0.29, 0.717) is 16.6 Å². The normalized spacial score (nSPS) is 19.6. The van der Waals surface area contributed by atoms with Crippen LogP contribution in [0.4, 0.5) is 0 Å². The van der Waals surface area contributed by atoms with Crippen molar-refractivity contribution < 1.29 is 9.59 Å². The largest absolute Gasteiger partial charge is 0.312 e. The maximum absolute atomic E-state index is 11.9. The van der Waals surface area contributed by atoms with E-state index in [-0.39, 0.29) is 12.5 Å². The Bertz CT molecular complexity index is 490. The van der Waals surface area contributed by atoms with E-state index < -0.39 is 5.91 Å². The maximum Gasteiger partial charge on any atom is 0.257 e. The molecule has 0 saturated carbocycles. The van der Waals surface area contributed by atoms with Crippen molar-refractivity contribution in [1.82, 2.24) is 15.5 Å². The van der Waals surface area contributed by atoms with Gasteiger partial charge in [0.15, 0.2) is 0 Å². The van der Waals surface area contributed by atoms with Gasteiger partial charge in [-0.15, -0.1) is 0 Å². The highest BCUT2D eigenvalue weighted by Crippen LogP contribution is 2.09. The third kappa shape index (κ3) is 4.30. The first kappa shape index (κ1) is 15.0. The van der Waals surface area contributed by atoms with Gasteiger partial charge in [-0.3, -0.25) is 19.8 Å². The Hall–Kier alpha value is -1.43. The number of hydrogen-bond donors (Lipinski definition) is 2. The van der Waals surface area contributed by atoms with Crippen molar-refractivity contribution >= 4 is 23.4 Å². The summed E-state index contributed by atoms with van der Waals surface area (Å²) in [6.45, 7) is 4.79. The van der Waals surface area contributed by atoms with Crippen LogP contribution in [0, 0.1) is 0 Å². The topological polar surface area (TPSA) is 61.4 Å². The molecule has 0 spiro atoms. The number of benzene rings is 1. The van der Waals surface area contributed by atoms with Gasteiger partial charge in [0.05, 0.1) is 6.54 Å². The van der Waals surface area contributed by atoms with Gasteiger partial charge >= 0.3 is 0 Å². The van der Waals surface area contributed by atoms with Crippen molar-refractivity contribution in [1.29, 1.82) is 0 Å². The molecular weight excluding hydrogens is 278 g/mol. The minimum absolute atomic E-state index is 0.241. The molecule has 2 N–H and O–H groups in total. The Morgan fingerprint density at radius 1 is 1.40 bits per heavy atom. The predicted molar refractivity (Wildman–Crippen MR) is 77.8 cm³/mol. The Morgan fingerprint density at radius 3 is 2.75 bits per heavy atom. The molecule has 0 unspecified atom stereocenters. The van der Waals surface area contributed by atoms with Crippen LogP contribution in [0.25, 0.3) is 0 Å². The van der Waals surface area contributed by atoms with Crippen LogP contribution in [0.5, 0.6) is 0 Å². The molecule has 20 heavy (non-hydrogen) atoms. The van der Waals surface area contributed by atoms with Crippen LogP contribution in [0.1, 0.15) is 17.3 Å². The Kier molecular flexibility index (Phi) is 5.11. The highest BCUT2D eigenvalue weighted by Gasteiger charge is 2.19. The molecule has 2 amide bonds. The number of amides is 2. The Balaban J connectivity index is 1.84. The molecule has 0 bridgehead atoms. The third-order valence-electron chi connectivity index (χ3n) is 3.18. The van der Waals surface area contributed by atoms with Crippen molar-refractivity contribution in [2.45, 2.75) is 13.0 Å². The minimum atomic E-state index is -0.394. The van der Waals surface area contributed by atoms with Gasteiger partial charge in [-0.2, -0.15) is 0 Å². The van der Waals surface area contributed by atoms with Crippen LogP contribution < -0.4 is 10.6 Å². The zero-order valence-corrected chi connectivity index (χ0v) is 12.1. The van der Waals surface area contributed by atoms with Crippen LogP contribution in [0.2, 0.25) is 5.02 Å². The second kappa shape index (κ2) is 6.83. The molecule has 1 aliphatic rings. The molecule has 5 nitrogen and oxygen atoms in total. The minimum Gasteiger partial charge on any atom is -0.312 e. The quantitative estimate of drug-likeness (QED) is 0.869. The first-order valence-electron chi connectivity index (χ1n) is 6.60. The van der Waals surface area contributed by atoms with Gasteiger partial charge in [-0.25, -0.2) is 0 Å². The summed E-state index contributed by atoms with van der Waals surface area (Å²) >= 11 is 5.75. The highest BCUT2D eigenvalue weighted by atomic mass is 35.5. The summed E-state index contributed by atoms with van der Waals surface area (Å²) in [7, 11) is 0. The van der Waals surface area contributed by atoms with Gasteiger partial charge in [-0.05, 0) is 31.2 Å². The summed E-state index contributed by atoms with van der Waals surface area (Å²) in [5.41, 5.74) is 0.427. The second-order valence-corrected chi connectivity index (χ2v) is 5.41. The van der Waals surface area contributed by atoms with Gasteiger partial charge in [0.1, 0.15) is 0 Å². The monoisotopic (exact) mass is 295 g/mol. The summed E-state index contributed by atoms with van der Waals surface area (Å²) in [6.07, 6.45) is 0. The molecule has 0 aliphatic carbocycles. The van der Waals surface area contributed by atoms with Crippen LogP contribution in [0.3, 0.4) is 0 Å². The molecule has 1 heterocycles. The number of nitrogens with zero attached hydrogens (tertiary/aromatic N) is 1. The van der Waals surface area contributed by atoms with E-state index in [0.717, 1.165) is 19.6 Å². The Morgan fingerprint density at radius 2 is 2.10 bits per heavy atom. The molecule has 1 saturated heterocycles. The van der Waals surface area contributed by atoms with E-state index in [9.17, 15) is 9.59 Å². The molecule has 1 aromatic rings. The van der Waals surface area contributed by atoms with Crippen molar-refractivity contribution in [3.8, 4) is 0 Å². The molecule has 0 radical (unpaired) electrons. The zero-order chi connectivity index (χ0) is 14.5. The molecule has 0 aromatic heterocycles. The van der Waals surface area contributed by atoms with Gasteiger partial charge in [0.2, 0.25) is 5.91 Å². The number of piperazine rings is 1. The van der Waals surface area contributed by atoms with Crippen LogP contribution >= 0.6 is 11.6 Å². The van der Waals surface area contributed by atoms with Gasteiger partial charge in [-0.1, -0.05) is 11.6 Å². The molecule has 6 heteroatoms. The van der Waals surface area contributed by atoms with Crippen molar-refractivity contribution in [2.75, 3.05) is 26.2 Å². The fourth-order valence-electron chi connectivity index (χ4n) is 2.20. The molecule has 2 rings (SSSR count). The van der Waals surface area contributed by atoms with Crippen molar-refractivity contribution in [2.24, 2.45) is 0 Å². The number of halogens is 1. The van der Waals surface area contributed by atoms with Crippen molar-refractivity contribution in [3.63, 3.8) is 0 Å². The van der Waals surface area contributed by atoms with E-state index in [4.69, 9.17) is 11.6 Å². The summed E-state index contributed by atoms with van der Waals surface area (Å²) in [6, 6.07) is 6.80. The van der Waals surface area contributed by atoms with E-state index in [1.165, 1.54) is 0 Å². The number of hydrogen-bond acceptors (Lipinski definition) is 4. The number of imide groups is 1. The SMILES string of the molecule is C[C@@H]1CN(CC(=O)NC(=O)c2ccc(Cl)cc2)CCN1. The van der Waals surface area contributed by atoms with Crippen molar-refractivity contribution in [3.05, 3.63) is 34.9 Å². The van der Waals surface area contributed by atoms with E-state index in [2.05, 4.69) is 17.6 Å². The standard InChI is InChI=1S/C14H18ClN3O2/c1-10-8-18(7-6-16-10)9-13(19)17-14(20)11-2-4-12(15)5-3-11/h2-5,10,16H,6-9H2,1H3,(H,17,19,20)/t10-/m1/s1. The molecule has 1 aromatic carbocycles. The smallest absolute Gasteiger partial charge is 0.257 e. The average molecular weight is 296 g/mol. The van der Waals surface area contributed by atoms with Gasteiger partial charge in [0, 0.05) is 36.3 Å². The number of carbonyl (C=O) groups is 2. The third-order valence-corrected chi connectivity index (χ3v) is 3.43. The highest BCUT2D eigenvalue weighted by molar-refractivity contribution is 6.30. The van der Waals surface area contributed by atoms with Gasteiger partial charge in [0.25, 0.3) is 5.91 Å². The Labute approximate surface area is 123 Å². The van der Waals surface area contributed by atoms with Crippen LogP contribution in [-0.2, 0) is 4.79 Å². The summed E-state index contributed by atoms with van der Waals surface area (Å²) < 4.78 is 0. The van der Waals surface area contributed by atoms with E-state index in [1.807, 2.05) is 4.90 Å². The fourth-order valence-corrected chi connectivity index (χ4v) is 2.32. The van der Waals surface area contributed by atoms with Gasteiger partial charge < -0.3 is 5.32 Å². The lowest BCUT2D eigenvalue weighted by atomic mass is 10.2. The number of rotatable bonds is 3. The van der Waals surface area contributed by atoms with Crippen LogP contribution in [-0.4, -0.2) is 48.9 Å². The lowest BCUT2D eigenvalue weighted by Crippen LogP contribution is -2.52.